The molecule has 0 spiro atoms. The molecule has 0 unspecified atom stereocenters. The highest BCUT2D eigenvalue weighted by molar-refractivity contribution is 9.08. The van der Waals surface area contributed by atoms with Gasteiger partial charge >= 0.3 is 0 Å². The van der Waals surface area contributed by atoms with Crippen LogP contribution in [0.3, 0.4) is 0 Å². The molecule has 0 aliphatic rings. The molecule has 2 aromatic carbocycles. The van der Waals surface area contributed by atoms with Crippen molar-refractivity contribution >= 4 is 33.4 Å². The minimum atomic E-state index is 0.120. The van der Waals surface area contributed by atoms with Crippen LogP contribution in [0.25, 0.3) is 11.1 Å². The summed E-state index contributed by atoms with van der Waals surface area (Å²) >= 11 is 9.94. The Balaban J connectivity index is 2.06. The summed E-state index contributed by atoms with van der Waals surface area (Å²) in [4.78, 5) is 13.8. The van der Waals surface area contributed by atoms with E-state index in [1.165, 1.54) is 0 Å². The maximum absolute atomic E-state index is 12.0. The fourth-order valence-corrected chi connectivity index (χ4v) is 3.58. The zero-order valence-corrected chi connectivity index (χ0v) is 16.9. The van der Waals surface area contributed by atoms with Crippen LogP contribution in [-0.4, -0.2) is 30.5 Å². The van der Waals surface area contributed by atoms with Crippen molar-refractivity contribution in [2.45, 2.75) is 25.6 Å². The Morgan fingerprint density at radius 1 is 1.16 bits per heavy atom. The molecular weight excluding hydrogens is 402 g/mol. The normalized spacial score (nSPS) is 10.6. The van der Waals surface area contributed by atoms with E-state index < -0.39 is 0 Å². The summed E-state index contributed by atoms with van der Waals surface area (Å²) in [5, 5.41) is 1.46. The summed E-state index contributed by atoms with van der Waals surface area (Å²) < 4.78 is 5.77. The van der Waals surface area contributed by atoms with Crippen LogP contribution in [0, 0.1) is 0 Å². The lowest BCUT2D eigenvalue weighted by atomic mass is 10.0. The van der Waals surface area contributed by atoms with Gasteiger partial charge in [0.2, 0.25) is 5.91 Å². The third-order valence-electron chi connectivity index (χ3n) is 4.07. The van der Waals surface area contributed by atoms with Gasteiger partial charge in [-0.3, -0.25) is 4.79 Å². The molecule has 0 atom stereocenters. The molecule has 0 radical (unpaired) electrons. The number of benzene rings is 2. The van der Waals surface area contributed by atoms with Crippen molar-refractivity contribution in [2.75, 3.05) is 19.7 Å². The van der Waals surface area contributed by atoms with E-state index in [0.29, 0.717) is 18.4 Å². The number of amides is 1. The molecule has 1 amide bonds. The fraction of sp³-hybridized carbons (Fsp3) is 0.350. The van der Waals surface area contributed by atoms with E-state index in [0.717, 1.165) is 40.6 Å². The maximum Gasteiger partial charge on any atom is 0.225 e. The predicted molar refractivity (Wildman–Crippen MR) is 108 cm³/mol. The highest BCUT2D eigenvalue weighted by Gasteiger charge is 2.11. The Morgan fingerprint density at radius 3 is 2.56 bits per heavy atom. The van der Waals surface area contributed by atoms with Gasteiger partial charge in [0, 0.05) is 24.0 Å². The Hall–Kier alpha value is -1.52. The van der Waals surface area contributed by atoms with E-state index in [4.69, 9.17) is 16.3 Å². The average Bonchev–Trinajstić information content (AvgIpc) is 2.63. The number of carbonyl (C=O) groups is 1. The molecule has 0 saturated carbocycles. The lowest BCUT2D eigenvalue weighted by Crippen LogP contribution is -2.31. The monoisotopic (exact) mass is 423 g/mol. The van der Waals surface area contributed by atoms with E-state index in [1.807, 2.05) is 61.2 Å². The standard InChI is InChI=1S/C20H23BrClNO2/c1-3-23(4-2)19(24)11-12-25-17-9-5-7-15(13-17)18-10-6-8-16(14-21)20(18)22/h5-10,13H,3-4,11-12,14H2,1-2H3. The molecule has 3 nitrogen and oxygen atoms in total. The number of halogens is 2. The number of alkyl halides is 1. The lowest BCUT2D eigenvalue weighted by Gasteiger charge is -2.18. The first-order chi connectivity index (χ1) is 12.1. The van der Waals surface area contributed by atoms with Crippen molar-refractivity contribution in [1.82, 2.24) is 4.90 Å². The van der Waals surface area contributed by atoms with Crippen LogP contribution in [0.15, 0.2) is 42.5 Å². The SMILES string of the molecule is CCN(CC)C(=O)CCOc1cccc(-c2cccc(CBr)c2Cl)c1. The topological polar surface area (TPSA) is 29.5 Å². The summed E-state index contributed by atoms with van der Waals surface area (Å²) in [6.07, 6.45) is 0.381. The van der Waals surface area contributed by atoms with Crippen molar-refractivity contribution < 1.29 is 9.53 Å². The quantitative estimate of drug-likeness (QED) is 0.521. The molecule has 0 N–H and O–H groups in total. The molecule has 0 saturated heterocycles. The molecule has 25 heavy (non-hydrogen) atoms. The number of carbonyl (C=O) groups excluding carboxylic acids is 1. The molecule has 0 fully saturated rings. The highest BCUT2D eigenvalue weighted by Crippen LogP contribution is 2.33. The Kier molecular flexibility index (Phi) is 7.79. The summed E-state index contributed by atoms with van der Waals surface area (Å²) in [6, 6.07) is 13.8. The van der Waals surface area contributed by atoms with Gasteiger partial charge in [0.25, 0.3) is 0 Å². The van der Waals surface area contributed by atoms with Crippen LogP contribution in [-0.2, 0) is 10.1 Å². The summed E-state index contributed by atoms with van der Waals surface area (Å²) in [6.45, 7) is 5.79. The van der Waals surface area contributed by atoms with Crippen molar-refractivity contribution in [2.24, 2.45) is 0 Å². The van der Waals surface area contributed by atoms with E-state index in [2.05, 4.69) is 15.9 Å². The molecular formula is C20H23BrClNO2. The Bertz CT molecular complexity index is 717. The summed E-state index contributed by atoms with van der Waals surface area (Å²) in [5.74, 6) is 0.861. The van der Waals surface area contributed by atoms with Crippen molar-refractivity contribution in [3.8, 4) is 16.9 Å². The minimum Gasteiger partial charge on any atom is -0.493 e. The molecule has 0 aliphatic heterocycles. The van der Waals surface area contributed by atoms with Crippen LogP contribution in [0.2, 0.25) is 5.02 Å². The first kappa shape index (κ1) is 19.8. The first-order valence-corrected chi connectivity index (χ1v) is 9.95. The van der Waals surface area contributed by atoms with Gasteiger partial charge in [0.15, 0.2) is 0 Å². The number of nitrogens with zero attached hydrogens (tertiary/aromatic N) is 1. The van der Waals surface area contributed by atoms with Gasteiger partial charge in [-0.05, 0) is 37.1 Å². The molecule has 2 rings (SSSR count). The third kappa shape index (κ3) is 5.23. The van der Waals surface area contributed by atoms with Crippen LogP contribution >= 0.6 is 27.5 Å². The number of hydrogen-bond acceptors (Lipinski definition) is 2. The molecule has 0 bridgehead atoms. The first-order valence-electron chi connectivity index (χ1n) is 8.45. The summed E-state index contributed by atoms with van der Waals surface area (Å²) in [5.41, 5.74) is 3.03. The zero-order valence-electron chi connectivity index (χ0n) is 14.6. The van der Waals surface area contributed by atoms with Crippen LogP contribution in [0.1, 0.15) is 25.8 Å². The smallest absolute Gasteiger partial charge is 0.225 e. The van der Waals surface area contributed by atoms with Gasteiger partial charge < -0.3 is 9.64 Å². The third-order valence-corrected chi connectivity index (χ3v) is 5.12. The Labute approximate surface area is 163 Å². The Morgan fingerprint density at radius 2 is 1.88 bits per heavy atom. The number of ether oxygens (including phenoxy) is 1. The summed E-state index contributed by atoms with van der Waals surface area (Å²) in [7, 11) is 0. The van der Waals surface area contributed by atoms with Crippen molar-refractivity contribution in [3.63, 3.8) is 0 Å². The molecule has 5 heteroatoms. The van der Waals surface area contributed by atoms with Crippen LogP contribution in [0.4, 0.5) is 0 Å². The van der Waals surface area contributed by atoms with Gasteiger partial charge in [-0.15, -0.1) is 0 Å². The fourth-order valence-electron chi connectivity index (χ4n) is 2.65. The van der Waals surface area contributed by atoms with Crippen molar-refractivity contribution in [1.29, 1.82) is 0 Å². The van der Waals surface area contributed by atoms with E-state index in [-0.39, 0.29) is 5.91 Å². The average molecular weight is 425 g/mol. The van der Waals surface area contributed by atoms with Crippen LogP contribution in [0.5, 0.6) is 5.75 Å². The number of hydrogen-bond donors (Lipinski definition) is 0. The van der Waals surface area contributed by atoms with E-state index in [9.17, 15) is 4.79 Å². The van der Waals surface area contributed by atoms with E-state index >= 15 is 0 Å². The van der Waals surface area contributed by atoms with Crippen LogP contribution < -0.4 is 4.74 Å². The number of rotatable bonds is 8. The molecule has 0 aromatic heterocycles. The van der Waals surface area contributed by atoms with Gasteiger partial charge in [-0.1, -0.05) is 57.9 Å². The zero-order chi connectivity index (χ0) is 18.2. The second-order valence-electron chi connectivity index (χ2n) is 5.60. The highest BCUT2D eigenvalue weighted by atomic mass is 79.9. The second kappa shape index (κ2) is 9.83. The lowest BCUT2D eigenvalue weighted by molar-refractivity contribution is -0.131. The minimum absolute atomic E-state index is 0.120. The molecule has 2 aromatic rings. The van der Waals surface area contributed by atoms with Gasteiger partial charge in [0.05, 0.1) is 18.1 Å². The molecule has 134 valence electrons. The predicted octanol–water partition coefficient (Wildman–Crippen LogP) is 5.54. The van der Waals surface area contributed by atoms with E-state index in [1.54, 1.807) is 0 Å². The molecule has 0 heterocycles. The van der Waals surface area contributed by atoms with Gasteiger partial charge in [-0.2, -0.15) is 0 Å². The van der Waals surface area contributed by atoms with Gasteiger partial charge in [0.1, 0.15) is 5.75 Å². The molecule has 0 aliphatic carbocycles. The largest absolute Gasteiger partial charge is 0.493 e. The second-order valence-corrected chi connectivity index (χ2v) is 6.54. The maximum atomic E-state index is 12.0. The van der Waals surface area contributed by atoms with Crippen molar-refractivity contribution in [3.05, 3.63) is 53.1 Å². The van der Waals surface area contributed by atoms with Gasteiger partial charge in [-0.25, -0.2) is 0 Å².